The maximum atomic E-state index is 12.6. The third-order valence-electron chi connectivity index (χ3n) is 5.34. The third-order valence-corrected chi connectivity index (χ3v) is 5.34. The van der Waals surface area contributed by atoms with E-state index in [4.69, 9.17) is 0 Å². The predicted molar refractivity (Wildman–Crippen MR) is 95.1 cm³/mol. The molecule has 6 nitrogen and oxygen atoms in total. The molecule has 6 heteroatoms. The average molecular weight is 344 g/mol. The zero-order chi connectivity index (χ0) is 17.9. The Morgan fingerprint density at radius 3 is 3.08 bits per heavy atom. The van der Waals surface area contributed by atoms with Gasteiger partial charge in [-0.2, -0.15) is 0 Å². The largest absolute Gasteiger partial charge is 0.347 e. The lowest BCUT2D eigenvalue weighted by molar-refractivity contribution is -0.126. The molecule has 128 valence electrons. The van der Waals surface area contributed by atoms with Crippen LogP contribution in [0.1, 0.15) is 29.0 Å². The van der Waals surface area contributed by atoms with Crippen molar-refractivity contribution in [2.45, 2.75) is 25.8 Å². The lowest BCUT2D eigenvalue weighted by atomic mass is 9.88. The molecular formula is C20H16N4O2. The zero-order valence-electron chi connectivity index (χ0n) is 14.1. The molecular weight excluding hydrogens is 328 g/mol. The number of pyridine rings is 1. The average Bonchev–Trinajstić information content (AvgIpc) is 3.11. The Hall–Kier alpha value is -3.33. The van der Waals surface area contributed by atoms with E-state index in [1.807, 2.05) is 25.1 Å². The number of carbonyl (C=O) groups is 2. The summed E-state index contributed by atoms with van der Waals surface area (Å²) < 4.78 is 0. The summed E-state index contributed by atoms with van der Waals surface area (Å²) in [5.74, 6) is -0.252. The number of aromatic nitrogens is 2. The minimum atomic E-state index is -0.557. The highest BCUT2D eigenvalue weighted by Gasteiger charge is 2.62. The van der Waals surface area contributed by atoms with Crippen molar-refractivity contribution in [3.8, 4) is 0 Å². The van der Waals surface area contributed by atoms with Gasteiger partial charge in [0.25, 0.3) is 5.91 Å². The molecule has 0 aromatic carbocycles. The molecule has 2 aliphatic carbocycles. The van der Waals surface area contributed by atoms with E-state index in [1.165, 1.54) is 0 Å². The molecule has 1 aliphatic heterocycles. The number of hydrogen-bond donors (Lipinski definition) is 3. The number of aromatic amines is 1. The van der Waals surface area contributed by atoms with E-state index in [0.717, 1.165) is 22.4 Å². The minimum Gasteiger partial charge on any atom is -0.347 e. The van der Waals surface area contributed by atoms with Crippen molar-refractivity contribution < 1.29 is 9.59 Å². The summed E-state index contributed by atoms with van der Waals surface area (Å²) in [5, 5.41) is 6.81. The van der Waals surface area contributed by atoms with Crippen molar-refractivity contribution in [2.24, 2.45) is 5.41 Å². The fourth-order valence-corrected chi connectivity index (χ4v) is 3.74. The van der Waals surface area contributed by atoms with Crippen molar-refractivity contribution in [3.05, 3.63) is 64.5 Å². The summed E-state index contributed by atoms with van der Waals surface area (Å²) in [7, 11) is 0. The number of allylic oxidation sites excluding steroid dienone is 3. The molecule has 0 radical (unpaired) electrons. The lowest BCUT2D eigenvalue weighted by Gasteiger charge is -2.25. The summed E-state index contributed by atoms with van der Waals surface area (Å²) >= 11 is 0. The summed E-state index contributed by atoms with van der Waals surface area (Å²) in [6.07, 6.45) is 4.83. The van der Waals surface area contributed by atoms with Gasteiger partial charge in [-0.15, -0.1) is 0 Å². The molecule has 3 N–H and O–H groups in total. The molecule has 1 fully saturated rings. The second kappa shape index (κ2) is 5.09. The van der Waals surface area contributed by atoms with Crippen molar-refractivity contribution in [2.75, 3.05) is 0 Å². The Labute approximate surface area is 149 Å². The lowest BCUT2D eigenvalue weighted by Crippen LogP contribution is -2.42. The van der Waals surface area contributed by atoms with Crippen LogP contribution in [0.25, 0.3) is 11.0 Å². The van der Waals surface area contributed by atoms with Gasteiger partial charge < -0.3 is 15.6 Å². The SMILES string of the molecule is Cc1ccc2cc(C(=O)N[C@H]3CC34CC3=C(C=C=C=C3)NC4=O)[nH]c2n1. The second-order valence-corrected chi connectivity index (χ2v) is 7.11. The number of fused-ring (bicyclic) bond motifs is 1. The van der Waals surface area contributed by atoms with Gasteiger partial charge in [0.2, 0.25) is 5.91 Å². The Bertz CT molecular complexity index is 1130. The highest BCUT2D eigenvalue weighted by molar-refractivity contribution is 5.99. The molecule has 2 atom stereocenters. The quantitative estimate of drug-likeness (QED) is 0.729. The van der Waals surface area contributed by atoms with E-state index in [-0.39, 0.29) is 17.9 Å². The van der Waals surface area contributed by atoms with Gasteiger partial charge >= 0.3 is 0 Å². The molecule has 0 saturated heterocycles. The van der Waals surface area contributed by atoms with Crippen LogP contribution in [0.15, 0.2) is 53.1 Å². The highest BCUT2D eigenvalue weighted by Crippen LogP contribution is 2.53. The number of carbonyl (C=O) groups excluding carboxylic acids is 2. The van der Waals surface area contributed by atoms with E-state index < -0.39 is 5.41 Å². The van der Waals surface area contributed by atoms with Crippen molar-refractivity contribution in [1.82, 2.24) is 20.6 Å². The van der Waals surface area contributed by atoms with Crippen LogP contribution in [-0.4, -0.2) is 27.8 Å². The summed E-state index contributed by atoms with van der Waals surface area (Å²) in [6.45, 7) is 1.91. The van der Waals surface area contributed by atoms with Crippen LogP contribution in [0.5, 0.6) is 0 Å². The molecule has 1 saturated carbocycles. The summed E-state index contributed by atoms with van der Waals surface area (Å²) in [6, 6.07) is 5.45. The topological polar surface area (TPSA) is 86.9 Å². The molecule has 2 aromatic rings. The van der Waals surface area contributed by atoms with Gasteiger partial charge in [-0.3, -0.25) is 9.59 Å². The first kappa shape index (κ1) is 15.0. The van der Waals surface area contributed by atoms with Crippen LogP contribution in [0, 0.1) is 12.3 Å². The van der Waals surface area contributed by atoms with Crippen molar-refractivity contribution in [1.29, 1.82) is 0 Å². The number of hydrogen-bond acceptors (Lipinski definition) is 3. The monoisotopic (exact) mass is 344 g/mol. The van der Waals surface area contributed by atoms with Crippen LogP contribution in [0.4, 0.5) is 0 Å². The number of nitrogens with zero attached hydrogens (tertiary/aromatic N) is 1. The fourth-order valence-electron chi connectivity index (χ4n) is 3.74. The van der Waals surface area contributed by atoms with Gasteiger partial charge in [-0.25, -0.2) is 4.98 Å². The van der Waals surface area contributed by atoms with E-state index in [9.17, 15) is 9.59 Å². The first-order valence-electron chi connectivity index (χ1n) is 8.54. The number of rotatable bonds is 2. The van der Waals surface area contributed by atoms with Crippen molar-refractivity contribution in [3.63, 3.8) is 0 Å². The first-order valence-corrected chi connectivity index (χ1v) is 8.54. The maximum absolute atomic E-state index is 12.6. The highest BCUT2D eigenvalue weighted by atomic mass is 16.2. The van der Waals surface area contributed by atoms with Gasteiger partial charge in [-0.05, 0) is 49.6 Å². The van der Waals surface area contributed by atoms with Gasteiger partial charge in [0, 0.05) is 23.2 Å². The maximum Gasteiger partial charge on any atom is 0.268 e. The smallest absolute Gasteiger partial charge is 0.268 e. The van der Waals surface area contributed by atoms with Gasteiger partial charge in [-0.1, -0.05) is 11.5 Å². The molecule has 5 rings (SSSR count). The van der Waals surface area contributed by atoms with Crippen LogP contribution in [0.2, 0.25) is 0 Å². The molecule has 2 amide bonds. The first-order chi connectivity index (χ1) is 12.5. The standard InChI is InChI=1S/C20H16N4O2/c1-11-6-7-12-8-15(22-17(12)21-11)18(25)24-16-10-20(16)9-13-4-2-3-5-14(13)23-19(20)26/h4-8,16H,9-10H2,1H3,(H,21,22)(H,23,26)(H,24,25)/t16-,20?/m0/s1. The minimum absolute atomic E-state index is 0.0381. The second-order valence-electron chi connectivity index (χ2n) is 7.11. The van der Waals surface area contributed by atoms with Crippen LogP contribution < -0.4 is 10.6 Å². The fraction of sp³-hybridized carbons (Fsp3) is 0.250. The van der Waals surface area contributed by atoms with Crippen molar-refractivity contribution >= 4 is 22.8 Å². The van der Waals surface area contributed by atoms with E-state index in [1.54, 1.807) is 12.1 Å². The molecule has 0 bridgehead atoms. The van der Waals surface area contributed by atoms with Gasteiger partial charge in [0.05, 0.1) is 11.1 Å². The van der Waals surface area contributed by atoms with Crippen LogP contribution in [0.3, 0.4) is 0 Å². The van der Waals surface area contributed by atoms with Gasteiger partial charge in [0.1, 0.15) is 11.3 Å². The van der Waals surface area contributed by atoms with E-state index in [2.05, 4.69) is 32.1 Å². The third kappa shape index (κ3) is 2.17. The number of amides is 2. The molecule has 3 aliphatic rings. The molecule has 26 heavy (non-hydrogen) atoms. The number of H-pyrrole nitrogens is 1. The summed E-state index contributed by atoms with van der Waals surface area (Å²) in [5.41, 5.74) is 9.08. The normalized spacial score (nSPS) is 25.6. The molecule has 3 heterocycles. The number of nitrogens with one attached hydrogen (secondary N) is 3. The molecule has 2 aromatic heterocycles. The number of aryl methyl sites for hydroxylation is 1. The van der Waals surface area contributed by atoms with Crippen LogP contribution in [-0.2, 0) is 4.79 Å². The Balaban J connectivity index is 1.35. The van der Waals surface area contributed by atoms with E-state index in [0.29, 0.717) is 24.2 Å². The summed E-state index contributed by atoms with van der Waals surface area (Å²) in [4.78, 5) is 32.6. The van der Waals surface area contributed by atoms with E-state index >= 15 is 0 Å². The Morgan fingerprint density at radius 2 is 2.19 bits per heavy atom. The molecule has 1 spiro atoms. The van der Waals surface area contributed by atoms with Gasteiger partial charge in [0.15, 0.2) is 0 Å². The van der Waals surface area contributed by atoms with Crippen LogP contribution >= 0.6 is 0 Å². The zero-order valence-corrected chi connectivity index (χ0v) is 14.1. The Kier molecular flexibility index (Phi) is 2.93. The Morgan fingerprint density at radius 1 is 1.35 bits per heavy atom. The predicted octanol–water partition coefficient (Wildman–Crippen LogP) is 2.01. The molecule has 1 unspecified atom stereocenters.